The first-order chi connectivity index (χ1) is 15.8. The molecule has 0 bridgehead atoms. The smallest absolute Gasteiger partial charge is 0.150 e. The SMILES string of the molecule is COc1ccc(-n2cc(-c3ccccc3)c3c(Nc4ccccc4OC)ncnc32)cc1. The molecule has 2 heterocycles. The van der Waals surface area contributed by atoms with Crippen LogP contribution in [0.25, 0.3) is 27.8 Å². The van der Waals surface area contributed by atoms with E-state index in [4.69, 9.17) is 9.47 Å². The standard InChI is InChI=1S/C26H22N4O2/c1-31-20-14-12-19(13-15-20)30-16-21(18-8-4-3-5-9-18)24-25(27-17-28-26(24)30)29-22-10-6-7-11-23(22)32-2/h3-17H,1-2H3,(H,27,28,29). The molecule has 0 spiro atoms. The number of nitrogens with zero attached hydrogens (tertiary/aromatic N) is 3. The van der Waals surface area contributed by atoms with Crippen LogP contribution >= 0.6 is 0 Å². The van der Waals surface area contributed by atoms with Gasteiger partial charge in [0.2, 0.25) is 0 Å². The van der Waals surface area contributed by atoms with Gasteiger partial charge in [-0.15, -0.1) is 0 Å². The third-order valence-corrected chi connectivity index (χ3v) is 5.38. The maximum atomic E-state index is 5.52. The second-order valence-corrected chi connectivity index (χ2v) is 7.22. The van der Waals surface area contributed by atoms with Crippen molar-refractivity contribution in [3.05, 3.63) is 91.4 Å². The lowest BCUT2D eigenvalue weighted by molar-refractivity contribution is 0.415. The van der Waals surface area contributed by atoms with Crippen molar-refractivity contribution in [2.24, 2.45) is 0 Å². The molecule has 0 aliphatic rings. The Balaban J connectivity index is 1.72. The second-order valence-electron chi connectivity index (χ2n) is 7.22. The number of para-hydroxylation sites is 2. The van der Waals surface area contributed by atoms with E-state index in [-0.39, 0.29) is 0 Å². The van der Waals surface area contributed by atoms with E-state index in [0.717, 1.165) is 45.0 Å². The lowest BCUT2D eigenvalue weighted by Gasteiger charge is -2.12. The van der Waals surface area contributed by atoms with E-state index in [2.05, 4.69) is 38.2 Å². The Labute approximate surface area is 186 Å². The molecule has 0 amide bonds. The van der Waals surface area contributed by atoms with Gasteiger partial charge < -0.3 is 19.4 Å². The van der Waals surface area contributed by atoms with Gasteiger partial charge in [-0.05, 0) is 42.0 Å². The number of rotatable bonds is 6. The predicted octanol–water partition coefficient (Wildman–Crippen LogP) is 5.85. The van der Waals surface area contributed by atoms with Crippen LogP contribution in [0.1, 0.15) is 0 Å². The minimum Gasteiger partial charge on any atom is -0.497 e. The van der Waals surface area contributed by atoms with Gasteiger partial charge in [-0.25, -0.2) is 9.97 Å². The van der Waals surface area contributed by atoms with Crippen molar-refractivity contribution in [3.8, 4) is 28.3 Å². The highest BCUT2D eigenvalue weighted by molar-refractivity contribution is 6.03. The van der Waals surface area contributed by atoms with E-state index in [0.29, 0.717) is 5.82 Å². The Morgan fingerprint density at radius 1 is 0.781 bits per heavy atom. The van der Waals surface area contributed by atoms with Crippen LogP contribution in [0.5, 0.6) is 11.5 Å². The molecule has 0 atom stereocenters. The average Bonchev–Trinajstić information content (AvgIpc) is 3.26. The zero-order valence-corrected chi connectivity index (χ0v) is 17.8. The van der Waals surface area contributed by atoms with Crippen molar-refractivity contribution in [1.82, 2.24) is 14.5 Å². The molecule has 0 aliphatic carbocycles. The fourth-order valence-corrected chi connectivity index (χ4v) is 3.81. The summed E-state index contributed by atoms with van der Waals surface area (Å²) in [5, 5.41) is 4.38. The number of fused-ring (bicyclic) bond motifs is 1. The number of ether oxygens (including phenoxy) is 2. The summed E-state index contributed by atoms with van der Waals surface area (Å²) in [4.78, 5) is 9.23. The monoisotopic (exact) mass is 422 g/mol. The van der Waals surface area contributed by atoms with E-state index in [9.17, 15) is 0 Å². The molecule has 158 valence electrons. The number of benzene rings is 3. The zero-order chi connectivity index (χ0) is 21.9. The van der Waals surface area contributed by atoms with Crippen molar-refractivity contribution in [2.75, 3.05) is 19.5 Å². The summed E-state index contributed by atoms with van der Waals surface area (Å²) in [5.74, 6) is 2.27. The number of hydrogen-bond acceptors (Lipinski definition) is 5. The van der Waals surface area contributed by atoms with Crippen LogP contribution in [0.2, 0.25) is 0 Å². The summed E-state index contributed by atoms with van der Waals surface area (Å²) >= 11 is 0. The summed E-state index contributed by atoms with van der Waals surface area (Å²) in [6, 6.07) is 26.0. The minimum atomic E-state index is 0.714. The van der Waals surface area contributed by atoms with E-state index in [1.807, 2.05) is 66.7 Å². The second kappa shape index (κ2) is 8.43. The van der Waals surface area contributed by atoms with E-state index < -0.39 is 0 Å². The number of anilines is 2. The van der Waals surface area contributed by atoms with Crippen LogP contribution in [-0.4, -0.2) is 28.8 Å². The van der Waals surface area contributed by atoms with Crippen LogP contribution in [-0.2, 0) is 0 Å². The first-order valence-electron chi connectivity index (χ1n) is 10.2. The summed E-state index contributed by atoms with van der Waals surface area (Å²) in [5.41, 5.74) is 4.75. The summed E-state index contributed by atoms with van der Waals surface area (Å²) in [6.07, 6.45) is 3.68. The molecule has 5 rings (SSSR count). The van der Waals surface area contributed by atoms with Crippen molar-refractivity contribution in [1.29, 1.82) is 0 Å². The number of methoxy groups -OCH3 is 2. The average molecular weight is 422 g/mol. The summed E-state index contributed by atoms with van der Waals surface area (Å²) < 4.78 is 12.9. The molecule has 2 aromatic heterocycles. The van der Waals surface area contributed by atoms with Gasteiger partial charge in [0.25, 0.3) is 0 Å². The fraction of sp³-hybridized carbons (Fsp3) is 0.0769. The molecule has 0 radical (unpaired) electrons. The molecule has 1 N–H and O–H groups in total. The van der Waals surface area contributed by atoms with Gasteiger partial charge in [-0.1, -0.05) is 42.5 Å². The molecule has 6 heteroatoms. The maximum Gasteiger partial charge on any atom is 0.150 e. The number of hydrogen-bond donors (Lipinski definition) is 1. The highest BCUT2D eigenvalue weighted by Gasteiger charge is 2.18. The molecule has 0 fully saturated rings. The van der Waals surface area contributed by atoms with Crippen molar-refractivity contribution >= 4 is 22.5 Å². The molecule has 0 saturated carbocycles. The fourth-order valence-electron chi connectivity index (χ4n) is 3.81. The van der Waals surface area contributed by atoms with Gasteiger partial charge in [0.15, 0.2) is 5.65 Å². The molecule has 3 aromatic carbocycles. The first-order valence-corrected chi connectivity index (χ1v) is 10.2. The molecular formula is C26H22N4O2. The number of aromatic nitrogens is 3. The Bertz CT molecular complexity index is 1360. The lowest BCUT2D eigenvalue weighted by atomic mass is 10.1. The molecule has 0 saturated heterocycles. The van der Waals surface area contributed by atoms with Gasteiger partial charge in [-0.2, -0.15) is 0 Å². The van der Waals surface area contributed by atoms with Gasteiger partial charge in [0, 0.05) is 17.4 Å². The molecule has 0 unspecified atom stereocenters. The molecule has 6 nitrogen and oxygen atoms in total. The van der Waals surface area contributed by atoms with E-state index >= 15 is 0 Å². The highest BCUT2D eigenvalue weighted by Crippen LogP contribution is 2.37. The van der Waals surface area contributed by atoms with Gasteiger partial charge >= 0.3 is 0 Å². The third kappa shape index (κ3) is 3.52. The van der Waals surface area contributed by atoms with Gasteiger partial charge in [-0.3, -0.25) is 0 Å². The lowest BCUT2D eigenvalue weighted by Crippen LogP contribution is -1.99. The van der Waals surface area contributed by atoms with Crippen molar-refractivity contribution < 1.29 is 9.47 Å². The van der Waals surface area contributed by atoms with Crippen LogP contribution in [0, 0.1) is 0 Å². The topological polar surface area (TPSA) is 61.2 Å². The predicted molar refractivity (Wildman–Crippen MR) is 127 cm³/mol. The van der Waals surface area contributed by atoms with Gasteiger partial charge in [0.1, 0.15) is 23.6 Å². The molecule has 5 aromatic rings. The van der Waals surface area contributed by atoms with Crippen LogP contribution in [0.3, 0.4) is 0 Å². The van der Waals surface area contributed by atoms with E-state index in [1.54, 1.807) is 20.5 Å². The maximum absolute atomic E-state index is 5.52. The van der Waals surface area contributed by atoms with Crippen molar-refractivity contribution in [2.45, 2.75) is 0 Å². The normalized spacial score (nSPS) is 10.8. The number of nitrogens with one attached hydrogen (secondary N) is 1. The molecule has 32 heavy (non-hydrogen) atoms. The van der Waals surface area contributed by atoms with Crippen LogP contribution < -0.4 is 14.8 Å². The van der Waals surface area contributed by atoms with Crippen molar-refractivity contribution in [3.63, 3.8) is 0 Å². The van der Waals surface area contributed by atoms with E-state index in [1.165, 1.54) is 0 Å². The third-order valence-electron chi connectivity index (χ3n) is 5.38. The van der Waals surface area contributed by atoms with Crippen LogP contribution in [0.4, 0.5) is 11.5 Å². The largest absolute Gasteiger partial charge is 0.497 e. The molecule has 0 aliphatic heterocycles. The summed E-state index contributed by atoms with van der Waals surface area (Å²) in [7, 11) is 3.32. The molecular weight excluding hydrogens is 400 g/mol. The quantitative estimate of drug-likeness (QED) is 0.372. The Morgan fingerprint density at radius 2 is 1.53 bits per heavy atom. The van der Waals surface area contributed by atoms with Crippen LogP contribution in [0.15, 0.2) is 91.4 Å². The summed E-state index contributed by atoms with van der Waals surface area (Å²) in [6.45, 7) is 0. The Hall–Kier alpha value is -4.32. The Morgan fingerprint density at radius 3 is 2.28 bits per heavy atom. The zero-order valence-electron chi connectivity index (χ0n) is 17.8. The Kier molecular flexibility index (Phi) is 5.17. The first kappa shape index (κ1) is 19.6. The minimum absolute atomic E-state index is 0.714. The van der Waals surface area contributed by atoms with Gasteiger partial charge in [0.05, 0.1) is 25.3 Å². The highest BCUT2D eigenvalue weighted by atomic mass is 16.5.